The van der Waals surface area contributed by atoms with Gasteiger partial charge in [0.15, 0.2) is 0 Å². The summed E-state index contributed by atoms with van der Waals surface area (Å²) >= 11 is 0. The Kier molecular flexibility index (Phi) is 4.51. The summed E-state index contributed by atoms with van der Waals surface area (Å²) in [7, 11) is 4.92. The zero-order valence-corrected chi connectivity index (χ0v) is 6.21. The van der Waals surface area contributed by atoms with Crippen molar-refractivity contribution in [1.29, 1.82) is 0 Å². The minimum Gasteiger partial charge on any atom is -0.188 e. The van der Waals surface area contributed by atoms with Gasteiger partial charge >= 0.3 is 0 Å². The van der Waals surface area contributed by atoms with Gasteiger partial charge in [-0.2, -0.15) is 8.01 Å². The molecule has 1 atom stereocenters. The Hall–Kier alpha value is 0.777. The van der Waals surface area contributed by atoms with Crippen LogP contribution in [0.3, 0.4) is 0 Å². The second-order valence-electron chi connectivity index (χ2n) is 0.707. The van der Waals surface area contributed by atoms with Gasteiger partial charge in [-0.1, -0.05) is 0 Å². The van der Waals surface area contributed by atoms with Crippen LogP contribution in [0.4, 0.5) is 0 Å². The van der Waals surface area contributed by atoms with Crippen LogP contribution in [-0.2, 0) is 0 Å². The molecule has 0 aliphatic rings. The van der Waals surface area contributed by atoms with Gasteiger partial charge in [0.1, 0.15) is 6.89 Å². The lowest BCUT2D eigenvalue weighted by Gasteiger charge is -1.64. The van der Waals surface area contributed by atoms with Gasteiger partial charge in [-0.15, -0.1) is 0 Å². The quantitative estimate of drug-likeness (QED) is 0.253. The molecule has 4 heteroatoms. The minimum atomic E-state index is 1.28. The molecule has 0 heterocycles. The Morgan fingerprint density at radius 3 is 2.25 bits per heavy atom. The van der Waals surface area contributed by atoms with Crippen molar-refractivity contribution < 1.29 is 0 Å². The molecule has 22 valence electrons. The molecule has 0 aromatic carbocycles. The molecule has 0 aliphatic carbocycles. The molecule has 0 amide bonds. The third-order valence-corrected chi connectivity index (χ3v) is 3.18. The highest BCUT2D eigenvalue weighted by Gasteiger charge is 1.61. The second kappa shape index (κ2) is 3.78. The van der Waals surface area contributed by atoms with Gasteiger partial charge < -0.3 is 0 Å². The van der Waals surface area contributed by atoms with E-state index >= 15 is 0 Å². The predicted octanol–water partition coefficient (Wildman–Crippen LogP) is -2.16. The smallest absolute Gasteiger partial charge is 0.104 e. The predicted molar refractivity (Wildman–Crippen MR) is 33.9 cm³/mol. The molecule has 0 fully saturated rings. The topological polar surface area (TPSA) is 0 Å². The summed E-state index contributed by atoms with van der Waals surface area (Å²) in [6.07, 6.45) is 0. The maximum atomic E-state index is 2.23. The summed E-state index contributed by atoms with van der Waals surface area (Å²) in [6, 6.07) is 0. The molecule has 0 spiro atoms. The molecular weight excluding hydrogens is 80.7 g/mol. The maximum absolute atomic E-state index is 2.23. The van der Waals surface area contributed by atoms with Crippen molar-refractivity contribution in [2.45, 2.75) is 0 Å². The Labute approximate surface area is 33.4 Å². The van der Waals surface area contributed by atoms with E-state index in [1.807, 2.05) is 0 Å². The van der Waals surface area contributed by atoms with Crippen molar-refractivity contribution in [1.82, 2.24) is 0 Å². The van der Waals surface area contributed by atoms with Crippen LogP contribution in [0.25, 0.3) is 0 Å². The van der Waals surface area contributed by atoms with Gasteiger partial charge in [0.05, 0.1) is 7.74 Å². The van der Waals surface area contributed by atoms with Crippen LogP contribution in [0.5, 0.6) is 0 Å². The molecule has 0 aliphatic heterocycles. The van der Waals surface area contributed by atoms with Crippen LogP contribution < -0.4 is 0 Å². The van der Waals surface area contributed by atoms with Crippen LogP contribution in [-0.4, -0.2) is 24.5 Å². The van der Waals surface area contributed by atoms with Crippen LogP contribution in [0.2, 0.25) is 0 Å². The Morgan fingerprint density at radius 2 is 2.25 bits per heavy atom. The molecule has 0 rings (SSSR count). The lowest BCUT2D eigenvalue weighted by atomic mass is 9.79. The van der Waals surface area contributed by atoms with E-state index < -0.39 is 0 Å². The first-order valence-electron chi connectivity index (χ1n) is 1.56. The van der Waals surface area contributed by atoms with E-state index in [1.165, 1.54) is 24.8 Å². The van der Waals surface area contributed by atoms with E-state index in [0.717, 1.165) is 0 Å². The van der Waals surface area contributed by atoms with Crippen molar-refractivity contribution in [3.63, 3.8) is 0 Å². The lowest BCUT2D eigenvalue weighted by Crippen LogP contribution is -1.70. The molecule has 0 saturated heterocycles. The number of rotatable bonds is 1. The van der Waals surface area contributed by atoms with E-state index in [1.54, 1.807) is 0 Å². The first-order chi connectivity index (χ1) is 1.91. The Morgan fingerprint density at radius 1 is 2.00 bits per heavy atom. The van der Waals surface area contributed by atoms with Crippen molar-refractivity contribution >= 4 is 32.5 Å². The molecule has 1 unspecified atom stereocenters. The van der Waals surface area contributed by atoms with Gasteiger partial charge in [-0.05, 0) is 0 Å². The fourth-order valence-electron chi connectivity index (χ4n) is 0. The highest BCUT2D eigenvalue weighted by Crippen LogP contribution is 1.86. The molecule has 0 aromatic heterocycles. The molecular formula is H7B2PSi. The number of hydrogen-bond donors (Lipinski definition) is 0. The second-order valence-corrected chi connectivity index (χ2v) is 4.24. The third kappa shape index (κ3) is 2.78. The van der Waals surface area contributed by atoms with Crippen LogP contribution in [0.1, 0.15) is 0 Å². The van der Waals surface area contributed by atoms with Crippen molar-refractivity contribution in [3.8, 4) is 0 Å². The summed E-state index contributed by atoms with van der Waals surface area (Å²) in [5, 5.41) is 0. The summed E-state index contributed by atoms with van der Waals surface area (Å²) < 4.78 is 0. The summed E-state index contributed by atoms with van der Waals surface area (Å²) in [4.78, 5) is 0. The summed E-state index contributed by atoms with van der Waals surface area (Å²) in [5.41, 5.74) is 0. The first-order valence-corrected chi connectivity index (χ1v) is 6.27. The van der Waals surface area contributed by atoms with Crippen LogP contribution in [0.15, 0.2) is 0 Å². The Bertz CT molecular complexity index is 8.00. The lowest BCUT2D eigenvalue weighted by molar-refractivity contribution is 4.43. The normalized spacial score (nSPS) is 10.0. The zero-order chi connectivity index (χ0) is 3.41. The van der Waals surface area contributed by atoms with Crippen molar-refractivity contribution in [3.05, 3.63) is 0 Å². The monoisotopic (exact) mass is 88.0 g/mol. The molecule has 0 bridgehead atoms. The third-order valence-electron chi connectivity index (χ3n) is 0.354. The SMILES string of the molecule is BBP[SiH3]. The fraction of sp³-hybridized carbons (Fsp3) is 0. The molecule has 4 heavy (non-hydrogen) atoms. The van der Waals surface area contributed by atoms with Gasteiger partial charge in [0.2, 0.25) is 0 Å². The van der Waals surface area contributed by atoms with Gasteiger partial charge in [0, 0.05) is 9.91 Å². The van der Waals surface area contributed by atoms with Crippen LogP contribution >= 0.6 is 8.01 Å². The molecule has 0 nitrogen and oxygen atoms in total. The molecule has 0 radical (unpaired) electrons. The standard InChI is InChI=1S/B2H7PSi/c1-2-3-4/h2-3H,1H2,4H3. The number of hydrogen-bond acceptors (Lipinski definition) is 0. The van der Waals surface area contributed by atoms with Gasteiger partial charge in [0.25, 0.3) is 0 Å². The fourth-order valence-corrected chi connectivity index (χ4v) is 0. The average molecular weight is 87.7 g/mol. The highest BCUT2D eigenvalue weighted by atomic mass is 31.3. The minimum absolute atomic E-state index is 1.28. The largest absolute Gasteiger partial charge is 0.188 e. The maximum Gasteiger partial charge on any atom is 0.104 e. The summed E-state index contributed by atoms with van der Waals surface area (Å²) in [5.74, 6) is 0. The van der Waals surface area contributed by atoms with E-state index in [0.29, 0.717) is 0 Å². The van der Waals surface area contributed by atoms with Gasteiger partial charge in [-0.25, -0.2) is 0 Å². The van der Waals surface area contributed by atoms with Gasteiger partial charge in [-0.3, -0.25) is 0 Å². The molecule has 0 N–H and O–H groups in total. The molecule has 0 aromatic rings. The van der Waals surface area contributed by atoms with E-state index in [-0.39, 0.29) is 0 Å². The van der Waals surface area contributed by atoms with E-state index in [2.05, 4.69) is 7.74 Å². The van der Waals surface area contributed by atoms with E-state index in [4.69, 9.17) is 0 Å². The first kappa shape index (κ1) is 4.78. The Balaban J connectivity index is 1.97. The zero-order valence-electron chi connectivity index (χ0n) is 3.21. The van der Waals surface area contributed by atoms with Crippen molar-refractivity contribution in [2.24, 2.45) is 0 Å². The van der Waals surface area contributed by atoms with Crippen molar-refractivity contribution in [2.75, 3.05) is 0 Å². The average Bonchev–Trinajstić information content (AvgIpc) is 1.37. The molecule has 0 saturated carbocycles. The summed E-state index contributed by atoms with van der Waals surface area (Å²) in [6.45, 7) is 1.41. The van der Waals surface area contributed by atoms with Crippen LogP contribution in [0, 0.1) is 0 Å². The highest BCUT2D eigenvalue weighted by molar-refractivity contribution is 7.95. The van der Waals surface area contributed by atoms with E-state index in [9.17, 15) is 0 Å².